The van der Waals surface area contributed by atoms with E-state index in [1.165, 1.54) is 25.3 Å². The first kappa shape index (κ1) is 11.9. The van der Waals surface area contributed by atoms with Crippen molar-refractivity contribution >= 4 is 5.78 Å². The molecule has 2 rings (SSSR count). The normalized spacial score (nSPS) is 9.83. The lowest BCUT2D eigenvalue weighted by atomic mass is 10.0. The van der Waals surface area contributed by atoms with Gasteiger partial charge in [0.1, 0.15) is 11.9 Å². The Morgan fingerprint density at radius 1 is 1.28 bits per heavy atom. The van der Waals surface area contributed by atoms with Gasteiger partial charge in [-0.1, -0.05) is 6.07 Å². The third-order valence-corrected chi connectivity index (χ3v) is 2.57. The molecule has 0 fully saturated rings. The molecule has 1 aromatic heterocycles. The van der Waals surface area contributed by atoms with Crippen LogP contribution in [0.1, 0.15) is 22.8 Å². The third-order valence-electron chi connectivity index (χ3n) is 2.57. The molecule has 0 amide bonds. The Labute approximate surface area is 104 Å². The largest absolute Gasteiger partial charge is 0.294 e. The van der Waals surface area contributed by atoms with Crippen LogP contribution in [0.5, 0.6) is 0 Å². The van der Waals surface area contributed by atoms with E-state index < -0.39 is 5.82 Å². The van der Waals surface area contributed by atoms with Gasteiger partial charge in [0.05, 0.1) is 5.56 Å². The number of carbonyl (C=O) groups is 1. The first-order valence-electron chi connectivity index (χ1n) is 5.28. The summed E-state index contributed by atoms with van der Waals surface area (Å²) in [5, 5.41) is 8.65. The minimum absolute atomic E-state index is 0.00516. The third kappa shape index (κ3) is 2.25. The average Bonchev–Trinajstić information content (AvgIpc) is 2.38. The van der Waals surface area contributed by atoms with Crippen molar-refractivity contribution in [3.63, 3.8) is 0 Å². The van der Waals surface area contributed by atoms with Crippen LogP contribution >= 0.6 is 0 Å². The minimum Gasteiger partial charge on any atom is -0.294 e. The molecule has 0 bridgehead atoms. The smallest absolute Gasteiger partial charge is 0.161 e. The van der Waals surface area contributed by atoms with Crippen molar-refractivity contribution in [2.24, 2.45) is 0 Å². The molecule has 0 aliphatic carbocycles. The van der Waals surface area contributed by atoms with Crippen LogP contribution in [0.4, 0.5) is 4.39 Å². The van der Waals surface area contributed by atoms with E-state index in [0.717, 1.165) is 0 Å². The second-order valence-corrected chi connectivity index (χ2v) is 3.82. The summed E-state index contributed by atoms with van der Waals surface area (Å²) in [6.45, 7) is 1.44. The number of hydrogen-bond acceptors (Lipinski definition) is 3. The number of halogens is 1. The van der Waals surface area contributed by atoms with Crippen molar-refractivity contribution in [1.29, 1.82) is 5.26 Å². The second-order valence-electron chi connectivity index (χ2n) is 3.82. The second kappa shape index (κ2) is 4.76. The molecule has 0 radical (unpaired) electrons. The first-order chi connectivity index (χ1) is 8.61. The number of nitriles is 1. The topological polar surface area (TPSA) is 53.8 Å². The molecule has 0 unspecified atom stereocenters. The maximum Gasteiger partial charge on any atom is 0.161 e. The van der Waals surface area contributed by atoms with Crippen LogP contribution in [0.3, 0.4) is 0 Å². The monoisotopic (exact) mass is 240 g/mol. The predicted molar refractivity (Wildman–Crippen MR) is 64.4 cm³/mol. The highest BCUT2D eigenvalue weighted by Crippen LogP contribution is 2.22. The molecule has 1 aromatic carbocycles. The van der Waals surface area contributed by atoms with Crippen LogP contribution in [-0.2, 0) is 0 Å². The Hall–Kier alpha value is -2.54. The number of rotatable bonds is 2. The highest BCUT2D eigenvalue weighted by atomic mass is 19.1. The molecule has 0 aliphatic heterocycles. The van der Waals surface area contributed by atoms with Crippen LogP contribution in [0, 0.1) is 17.1 Å². The number of benzene rings is 1. The molecule has 18 heavy (non-hydrogen) atoms. The van der Waals surface area contributed by atoms with Gasteiger partial charge in [-0.25, -0.2) is 4.39 Å². The van der Waals surface area contributed by atoms with E-state index in [9.17, 15) is 9.18 Å². The summed E-state index contributed by atoms with van der Waals surface area (Å²) in [5.74, 6) is -0.679. The van der Waals surface area contributed by atoms with Gasteiger partial charge < -0.3 is 0 Å². The molecule has 0 atom stereocenters. The van der Waals surface area contributed by atoms with Crippen molar-refractivity contribution in [3.05, 3.63) is 53.6 Å². The van der Waals surface area contributed by atoms with Crippen LogP contribution in [0.15, 0.2) is 36.7 Å². The van der Waals surface area contributed by atoms with Crippen molar-refractivity contribution in [3.8, 4) is 17.2 Å². The number of hydrogen-bond donors (Lipinski definition) is 0. The van der Waals surface area contributed by atoms with E-state index in [-0.39, 0.29) is 11.3 Å². The number of ketones is 1. The lowest BCUT2D eigenvalue weighted by Gasteiger charge is -2.03. The van der Waals surface area contributed by atoms with Gasteiger partial charge in [-0.15, -0.1) is 0 Å². The molecule has 0 spiro atoms. The average molecular weight is 240 g/mol. The van der Waals surface area contributed by atoms with E-state index in [4.69, 9.17) is 5.26 Å². The minimum atomic E-state index is -0.580. The molecule has 2 aromatic rings. The standard InChI is InChI=1S/C14H9FN2O/c1-9(18)12-4-13(8-17-7-12)10-2-3-11(6-16)14(15)5-10/h2-5,7-8H,1H3. The number of nitrogens with zero attached hydrogens (tertiary/aromatic N) is 2. The van der Waals surface area contributed by atoms with Gasteiger partial charge >= 0.3 is 0 Å². The van der Waals surface area contributed by atoms with E-state index in [0.29, 0.717) is 16.7 Å². The molecule has 3 nitrogen and oxygen atoms in total. The van der Waals surface area contributed by atoms with Crippen LogP contribution in [-0.4, -0.2) is 10.8 Å². The molecule has 0 aliphatic rings. The maximum atomic E-state index is 13.5. The van der Waals surface area contributed by atoms with Gasteiger partial charge in [-0.2, -0.15) is 5.26 Å². The zero-order valence-corrected chi connectivity index (χ0v) is 9.64. The summed E-state index contributed by atoms with van der Waals surface area (Å²) in [7, 11) is 0. The molecule has 0 saturated carbocycles. The highest BCUT2D eigenvalue weighted by molar-refractivity contribution is 5.94. The van der Waals surface area contributed by atoms with E-state index in [1.54, 1.807) is 24.4 Å². The van der Waals surface area contributed by atoms with Crippen molar-refractivity contribution in [1.82, 2.24) is 4.98 Å². The SMILES string of the molecule is CC(=O)c1cncc(-c2ccc(C#N)c(F)c2)c1. The Morgan fingerprint density at radius 2 is 2.06 bits per heavy atom. The van der Waals surface area contributed by atoms with Gasteiger partial charge in [-0.3, -0.25) is 9.78 Å². The maximum absolute atomic E-state index is 13.5. The molecule has 4 heteroatoms. The first-order valence-corrected chi connectivity index (χ1v) is 5.28. The number of carbonyl (C=O) groups excluding carboxylic acids is 1. The molecule has 88 valence electrons. The van der Waals surface area contributed by atoms with E-state index in [2.05, 4.69) is 4.98 Å². The van der Waals surface area contributed by atoms with Gasteiger partial charge in [0.25, 0.3) is 0 Å². The van der Waals surface area contributed by atoms with Crippen LogP contribution in [0.2, 0.25) is 0 Å². The Balaban J connectivity index is 2.49. The van der Waals surface area contributed by atoms with E-state index in [1.807, 2.05) is 0 Å². The fraction of sp³-hybridized carbons (Fsp3) is 0.0714. The summed E-state index contributed by atoms with van der Waals surface area (Å²) in [6, 6.07) is 7.71. The van der Waals surface area contributed by atoms with Crippen molar-refractivity contribution in [2.45, 2.75) is 6.92 Å². The number of Topliss-reactive ketones (excluding diaryl/α,β-unsaturated/α-hetero) is 1. The van der Waals surface area contributed by atoms with Crippen molar-refractivity contribution < 1.29 is 9.18 Å². The van der Waals surface area contributed by atoms with Gasteiger partial charge in [0.15, 0.2) is 5.78 Å². The van der Waals surface area contributed by atoms with Crippen molar-refractivity contribution in [2.75, 3.05) is 0 Å². The lowest BCUT2D eigenvalue weighted by Crippen LogP contribution is -1.94. The summed E-state index contributed by atoms with van der Waals surface area (Å²) < 4.78 is 13.5. The fourth-order valence-electron chi connectivity index (χ4n) is 1.58. The zero-order chi connectivity index (χ0) is 13.1. The summed E-state index contributed by atoms with van der Waals surface area (Å²) in [6.07, 6.45) is 3.01. The quantitative estimate of drug-likeness (QED) is 0.758. The fourth-order valence-corrected chi connectivity index (χ4v) is 1.58. The molecular formula is C14H9FN2O. The number of aromatic nitrogens is 1. The Kier molecular flexibility index (Phi) is 3.16. The summed E-state index contributed by atoms with van der Waals surface area (Å²) >= 11 is 0. The molecular weight excluding hydrogens is 231 g/mol. The molecule has 1 heterocycles. The Morgan fingerprint density at radius 3 is 2.67 bits per heavy atom. The molecule has 0 N–H and O–H groups in total. The zero-order valence-electron chi connectivity index (χ0n) is 9.64. The lowest BCUT2D eigenvalue weighted by molar-refractivity contribution is 0.101. The Bertz CT molecular complexity index is 659. The molecule has 0 saturated heterocycles. The van der Waals surface area contributed by atoms with Gasteiger partial charge in [-0.05, 0) is 30.7 Å². The number of pyridine rings is 1. The van der Waals surface area contributed by atoms with Gasteiger partial charge in [0.2, 0.25) is 0 Å². The summed E-state index contributed by atoms with van der Waals surface area (Å²) in [5.41, 5.74) is 1.69. The summed E-state index contributed by atoms with van der Waals surface area (Å²) in [4.78, 5) is 15.2. The van der Waals surface area contributed by atoms with E-state index >= 15 is 0 Å². The van der Waals surface area contributed by atoms with Gasteiger partial charge in [0, 0.05) is 23.5 Å². The van der Waals surface area contributed by atoms with Crippen LogP contribution in [0.25, 0.3) is 11.1 Å². The van der Waals surface area contributed by atoms with Crippen LogP contribution < -0.4 is 0 Å². The highest BCUT2D eigenvalue weighted by Gasteiger charge is 2.07. The predicted octanol–water partition coefficient (Wildman–Crippen LogP) is 2.96.